The Morgan fingerprint density at radius 1 is 1.20 bits per heavy atom. The normalized spacial score (nSPS) is 27.6. The molecule has 1 nitrogen and oxygen atoms in total. The quantitative estimate of drug-likeness (QED) is 0.730. The van der Waals surface area contributed by atoms with Gasteiger partial charge in [-0.3, -0.25) is 0 Å². The number of halogens is 2. The molecule has 3 heteroatoms. The van der Waals surface area contributed by atoms with E-state index in [1.165, 1.54) is 6.42 Å². The lowest BCUT2D eigenvalue weighted by molar-refractivity contribution is 0.0237. The van der Waals surface area contributed by atoms with Crippen LogP contribution in [-0.2, 0) is 6.42 Å². The predicted octanol–water partition coefficient (Wildman–Crippen LogP) is 5.50. The van der Waals surface area contributed by atoms with E-state index in [-0.39, 0.29) is 0 Å². The van der Waals surface area contributed by atoms with E-state index in [4.69, 9.17) is 23.2 Å². The van der Waals surface area contributed by atoms with E-state index >= 15 is 0 Å². The molecule has 112 valence electrons. The molecule has 0 aliphatic heterocycles. The molecule has 1 aliphatic carbocycles. The summed E-state index contributed by atoms with van der Waals surface area (Å²) in [6, 6.07) is 5.67. The van der Waals surface area contributed by atoms with E-state index in [9.17, 15) is 5.11 Å². The number of benzene rings is 1. The van der Waals surface area contributed by atoms with Crippen molar-refractivity contribution in [2.45, 2.75) is 58.0 Å². The molecule has 0 spiro atoms. The van der Waals surface area contributed by atoms with Crippen molar-refractivity contribution in [2.75, 3.05) is 0 Å². The third-order valence-corrected chi connectivity index (χ3v) is 5.40. The molecule has 0 bridgehead atoms. The van der Waals surface area contributed by atoms with Crippen molar-refractivity contribution in [3.05, 3.63) is 33.8 Å². The Bertz CT molecular complexity index is 458. The molecule has 1 aromatic rings. The predicted molar refractivity (Wildman–Crippen MR) is 86.5 cm³/mol. The van der Waals surface area contributed by atoms with Gasteiger partial charge in [0.2, 0.25) is 0 Å². The average Bonchev–Trinajstić information content (AvgIpc) is 2.56. The Morgan fingerprint density at radius 3 is 2.60 bits per heavy atom. The topological polar surface area (TPSA) is 20.2 Å². The molecule has 1 aromatic carbocycles. The minimum absolute atomic E-state index is 0.571. The van der Waals surface area contributed by atoms with Gasteiger partial charge >= 0.3 is 0 Å². The van der Waals surface area contributed by atoms with Gasteiger partial charge in [-0.25, -0.2) is 0 Å². The third-order valence-electron chi connectivity index (χ3n) is 4.66. The van der Waals surface area contributed by atoms with Crippen LogP contribution in [0.2, 0.25) is 10.0 Å². The number of aliphatic hydroxyl groups is 1. The Hall–Kier alpha value is -0.240. The molecule has 1 aliphatic rings. The highest BCUT2D eigenvalue weighted by atomic mass is 35.5. The summed E-state index contributed by atoms with van der Waals surface area (Å²) in [5.41, 5.74) is 0.491. The first-order chi connectivity index (χ1) is 9.39. The van der Waals surface area contributed by atoms with Gasteiger partial charge in [0, 0.05) is 6.42 Å². The van der Waals surface area contributed by atoms with E-state index in [0.29, 0.717) is 22.4 Å². The molecule has 1 N–H and O–H groups in total. The zero-order valence-electron chi connectivity index (χ0n) is 12.3. The molecule has 2 atom stereocenters. The minimum Gasteiger partial charge on any atom is -0.390 e. The lowest BCUT2D eigenvalue weighted by Gasteiger charge is -2.27. The number of rotatable bonds is 3. The van der Waals surface area contributed by atoms with Gasteiger partial charge in [-0.15, -0.1) is 0 Å². The Morgan fingerprint density at radius 2 is 1.95 bits per heavy atom. The van der Waals surface area contributed by atoms with Gasteiger partial charge in [-0.2, -0.15) is 0 Å². The van der Waals surface area contributed by atoms with Crippen molar-refractivity contribution in [2.24, 2.45) is 11.8 Å². The first kappa shape index (κ1) is 16.1. The maximum Gasteiger partial charge on any atom is 0.0688 e. The van der Waals surface area contributed by atoms with Gasteiger partial charge in [0.25, 0.3) is 0 Å². The standard InChI is InChI=1S/C17H24Cl2O/c1-12(2)14-4-3-8-17(20,9-7-14)11-13-5-6-15(18)16(19)10-13/h5-6,10,12,14,20H,3-4,7-9,11H2,1-2H3. The largest absolute Gasteiger partial charge is 0.390 e. The Balaban J connectivity index is 2.05. The fourth-order valence-corrected chi connectivity index (χ4v) is 3.61. The van der Waals surface area contributed by atoms with Gasteiger partial charge in [-0.05, 0) is 48.8 Å². The third kappa shape index (κ3) is 4.13. The molecule has 1 saturated carbocycles. The Labute approximate surface area is 132 Å². The number of hydrogen-bond acceptors (Lipinski definition) is 1. The van der Waals surface area contributed by atoms with Gasteiger partial charge in [0.1, 0.15) is 0 Å². The zero-order valence-corrected chi connectivity index (χ0v) is 13.8. The molecule has 0 aromatic heterocycles. The minimum atomic E-state index is -0.583. The van der Waals surface area contributed by atoms with Crippen molar-refractivity contribution in [3.63, 3.8) is 0 Å². The fraction of sp³-hybridized carbons (Fsp3) is 0.647. The van der Waals surface area contributed by atoms with Gasteiger partial charge in [-0.1, -0.05) is 56.0 Å². The molecular formula is C17H24Cl2O. The molecule has 0 radical (unpaired) electrons. The first-order valence-corrected chi connectivity index (χ1v) is 8.31. The van der Waals surface area contributed by atoms with Crippen LogP contribution in [0.25, 0.3) is 0 Å². The monoisotopic (exact) mass is 314 g/mol. The second-order valence-corrected chi connectivity index (χ2v) is 7.40. The van der Waals surface area contributed by atoms with E-state index in [2.05, 4.69) is 13.8 Å². The van der Waals surface area contributed by atoms with Gasteiger partial charge < -0.3 is 5.11 Å². The van der Waals surface area contributed by atoms with Crippen LogP contribution in [0.3, 0.4) is 0 Å². The van der Waals surface area contributed by atoms with Crippen LogP contribution in [-0.4, -0.2) is 10.7 Å². The smallest absolute Gasteiger partial charge is 0.0688 e. The molecule has 0 amide bonds. The second kappa shape index (κ2) is 6.68. The van der Waals surface area contributed by atoms with Crippen LogP contribution in [0.15, 0.2) is 18.2 Å². The van der Waals surface area contributed by atoms with Crippen molar-refractivity contribution < 1.29 is 5.11 Å². The van der Waals surface area contributed by atoms with Crippen LogP contribution >= 0.6 is 23.2 Å². The summed E-state index contributed by atoms with van der Waals surface area (Å²) in [5, 5.41) is 12.0. The molecule has 0 saturated heterocycles. The summed E-state index contributed by atoms with van der Waals surface area (Å²) in [6.07, 6.45) is 5.92. The molecule has 0 heterocycles. The van der Waals surface area contributed by atoms with Gasteiger partial charge in [0.05, 0.1) is 15.6 Å². The SMILES string of the molecule is CC(C)C1CCCC(O)(Cc2ccc(Cl)c(Cl)c2)CC1. The summed E-state index contributed by atoms with van der Waals surface area (Å²) >= 11 is 12.0. The number of hydrogen-bond donors (Lipinski definition) is 1. The highest BCUT2D eigenvalue weighted by Crippen LogP contribution is 2.36. The van der Waals surface area contributed by atoms with Crippen molar-refractivity contribution >= 4 is 23.2 Å². The molecule has 2 unspecified atom stereocenters. The maximum absolute atomic E-state index is 10.9. The second-order valence-electron chi connectivity index (χ2n) is 6.58. The van der Waals surface area contributed by atoms with Crippen LogP contribution in [0.5, 0.6) is 0 Å². The lowest BCUT2D eigenvalue weighted by atomic mass is 9.85. The summed E-state index contributed by atoms with van der Waals surface area (Å²) in [6.45, 7) is 4.57. The molecular weight excluding hydrogens is 291 g/mol. The van der Waals surface area contributed by atoms with E-state index in [1.807, 2.05) is 18.2 Å². The van der Waals surface area contributed by atoms with Crippen molar-refractivity contribution in [1.29, 1.82) is 0 Å². The molecule has 1 fully saturated rings. The van der Waals surface area contributed by atoms with Gasteiger partial charge in [0.15, 0.2) is 0 Å². The van der Waals surface area contributed by atoms with Crippen molar-refractivity contribution in [3.8, 4) is 0 Å². The summed E-state index contributed by atoms with van der Waals surface area (Å²) < 4.78 is 0. The highest BCUT2D eigenvalue weighted by molar-refractivity contribution is 6.42. The zero-order chi connectivity index (χ0) is 14.8. The molecule has 20 heavy (non-hydrogen) atoms. The van der Waals surface area contributed by atoms with Crippen LogP contribution in [0, 0.1) is 11.8 Å². The lowest BCUT2D eigenvalue weighted by Crippen LogP contribution is -2.30. The summed E-state index contributed by atoms with van der Waals surface area (Å²) in [5.74, 6) is 1.46. The van der Waals surface area contributed by atoms with E-state index < -0.39 is 5.60 Å². The molecule has 2 rings (SSSR count). The van der Waals surface area contributed by atoms with Crippen LogP contribution in [0.4, 0.5) is 0 Å². The fourth-order valence-electron chi connectivity index (χ4n) is 3.29. The van der Waals surface area contributed by atoms with Crippen LogP contribution in [0.1, 0.15) is 51.5 Å². The van der Waals surface area contributed by atoms with Crippen LogP contribution < -0.4 is 0 Å². The maximum atomic E-state index is 10.9. The summed E-state index contributed by atoms with van der Waals surface area (Å²) in [4.78, 5) is 0. The van der Waals surface area contributed by atoms with E-state index in [0.717, 1.165) is 37.2 Å². The van der Waals surface area contributed by atoms with E-state index in [1.54, 1.807) is 0 Å². The first-order valence-electron chi connectivity index (χ1n) is 7.56. The van der Waals surface area contributed by atoms with Crippen molar-refractivity contribution in [1.82, 2.24) is 0 Å². The highest BCUT2D eigenvalue weighted by Gasteiger charge is 2.31. The Kier molecular flexibility index (Phi) is 5.39. The average molecular weight is 315 g/mol. The summed E-state index contributed by atoms with van der Waals surface area (Å²) in [7, 11) is 0.